The smallest absolute Gasteiger partial charge is 0.0431 e. The highest BCUT2D eigenvalue weighted by Gasteiger charge is 2.32. The Kier molecular flexibility index (Phi) is 5.79. The summed E-state index contributed by atoms with van der Waals surface area (Å²) in [6.45, 7) is 3.03. The van der Waals surface area contributed by atoms with Crippen molar-refractivity contribution in [3.05, 3.63) is 0 Å². The molecular weight excluding hydrogens is 210 g/mol. The Labute approximate surface area is 106 Å². The standard InChI is InChI=1S/C15H29NO/c17-13-6-2-1-5-11-16-12-7-9-14-8-3-4-10-15(14)16/h14-15,17H,1-13H2/t14-,15-/m1/s1. The number of rotatable bonds is 6. The molecule has 2 rings (SSSR count). The molecule has 0 unspecified atom stereocenters. The Morgan fingerprint density at radius 1 is 0.882 bits per heavy atom. The summed E-state index contributed by atoms with van der Waals surface area (Å²) in [7, 11) is 0. The van der Waals surface area contributed by atoms with E-state index in [1.165, 1.54) is 70.9 Å². The van der Waals surface area contributed by atoms with E-state index in [0.717, 1.165) is 18.4 Å². The second kappa shape index (κ2) is 7.38. The molecule has 2 aliphatic rings. The molecule has 2 nitrogen and oxygen atoms in total. The van der Waals surface area contributed by atoms with Gasteiger partial charge in [-0.1, -0.05) is 25.7 Å². The molecule has 0 aromatic rings. The maximum Gasteiger partial charge on any atom is 0.0431 e. The van der Waals surface area contributed by atoms with Crippen LogP contribution in [0.1, 0.15) is 64.2 Å². The van der Waals surface area contributed by atoms with Crippen LogP contribution >= 0.6 is 0 Å². The first-order valence-corrected chi connectivity index (χ1v) is 7.76. The molecule has 17 heavy (non-hydrogen) atoms. The van der Waals surface area contributed by atoms with Crippen molar-refractivity contribution < 1.29 is 5.11 Å². The van der Waals surface area contributed by atoms with E-state index in [2.05, 4.69) is 4.90 Å². The molecule has 100 valence electrons. The maximum absolute atomic E-state index is 8.76. The topological polar surface area (TPSA) is 23.5 Å². The summed E-state index contributed by atoms with van der Waals surface area (Å²) in [5, 5.41) is 8.76. The zero-order valence-electron chi connectivity index (χ0n) is 11.2. The van der Waals surface area contributed by atoms with Gasteiger partial charge in [0, 0.05) is 12.6 Å². The molecule has 1 aliphatic heterocycles. The fourth-order valence-corrected chi connectivity index (χ4v) is 3.79. The molecule has 1 aliphatic carbocycles. The number of piperidine rings is 1. The number of hydrogen-bond donors (Lipinski definition) is 1. The van der Waals surface area contributed by atoms with E-state index < -0.39 is 0 Å². The van der Waals surface area contributed by atoms with Gasteiger partial charge in [-0.05, 0) is 57.5 Å². The molecule has 2 fully saturated rings. The highest BCUT2D eigenvalue weighted by atomic mass is 16.2. The SMILES string of the molecule is OCCCCCCN1CCC[C@H]2CCCC[C@H]21. The summed E-state index contributed by atoms with van der Waals surface area (Å²) in [5.74, 6) is 1.02. The van der Waals surface area contributed by atoms with E-state index in [-0.39, 0.29) is 0 Å². The van der Waals surface area contributed by atoms with Gasteiger partial charge in [-0.2, -0.15) is 0 Å². The Bertz CT molecular complexity index is 205. The molecule has 1 saturated heterocycles. The molecule has 1 N–H and O–H groups in total. The minimum atomic E-state index is 0.369. The minimum absolute atomic E-state index is 0.369. The average Bonchev–Trinajstić information content (AvgIpc) is 2.39. The fraction of sp³-hybridized carbons (Fsp3) is 1.00. The zero-order chi connectivity index (χ0) is 11.9. The third kappa shape index (κ3) is 3.96. The van der Waals surface area contributed by atoms with Gasteiger partial charge in [0.1, 0.15) is 0 Å². The summed E-state index contributed by atoms with van der Waals surface area (Å²) in [6, 6.07) is 0.926. The number of nitrogens with zero attached hydrogens (tertiary/aromatic N) is 1. The third-order valence-electron chi connectivity index (χ3n) is 4.71. The van der Waals surface area contributed by atoms with E-state index in [1.54, 1.807) is 0 Å². The highest BCUT2D eigenvalue weighted by molar-refractivity contribution is 4.87. The number of aliphatic hydroxyl groups excluding tert-OH is 1. The predicted molar refractivity (Wildman–Crippen MR) is 72.1 cm³/mol. The third-order valence-corrected chi connectivity index (χ3v) is 4.71. The fourth-order valence-electron chi connectivity index (χ4n) is 3.79. The van der Waals surface area contributed by atoms with Gasteiger partial charge < -0.3 is 10.0 Å². The number of aliphatic hydroxyl groups is 1. The molecule has 0 aromatic carbocycles. The summed E-state index contributed by atoms with van der Waals surface area (Å²) in [4.78, 5) is 2.78. The van der Waals surface area contributed by atoms with Crippen molar-refractivity contribution in [1.29, 1.82) is 0 Å². The molecule has 0 spiro atoms. The van der Waals surface area contributed by atoms with Crippen LogP contribution < -0.4 is 0 Å². The summed E-state index contributed by atoms with van der Waals surface area (Å²) < 4.78 is 0. The lowest BCUT2D eigenvalue weighted by molar-refractivity contribution is 0.0594. The van der Waals surface area contributed by atoms with Crippen LogP contribution in [0.2, 0.25) is 0 Å². The lowest BCUT2D eigenvalue weighted by Crippen LogP contribution is -2.46. The van der Waals surface area contributed by atoms with Crippen LogP contribution in [0, 0.1) is 5.92 Å². The van der Waals surface area contributed by atoms with Gasteiger partial charge in [-0.3, -0.25) is 0 Å². The molecule has 1 saturated carbocycles. The van der Waals surface area contributed by atoms with Gasteiger partial charge in [0.2, 0.25) is 0 Å². The second-order valence-corrected chi connectivity index (χ2v) is 5.93. The number of likely N-dealkylation sites (tertiary alicyclic amines) is 1. The molecular formula is C15H29NO. The molecule has 2 heteroatoms. The molecule has 0 radical (unpaired) electrons. The van der Waals surface area contributed by atoms with Crippen molar-refractivity contribution in [2.45, 2.75) is 70.3 Å². The van der Waals surface area contributed by atoms with Crippen LogP contribution in [-0.4, -0.2) is 35.7 Å². The van der Waals surface area contributed by atoms with Gasteiger partial charge in [-0.25, -0.2) is 0 Å². The first-order chi connectivity index (χ1) is 8.42. The number of fused-ring (bicyclic) bond motifs is 1. The molecule has 1 heterocycles. The first-order valence-electron chi connectivity index (χ1n) is 7.76. The molecule has 0 amide bonds. The molecule has 0 bridgehead atoms. The monoisotopic (exact) mass is 239 g/mol. The predicted octanol–water partition coefficient (Wildman–Crippen LogP) is 3.19. The van der Waals surface area contributed by atoms with Gasteiger partial charge in [0.15, 0.2) is 0 Å². The van der Waals surface area contributed by atoms with Crippen LogP contribution in [-0.2, 0) is 0 Å². The van der Waals surface area contributed by atoms with Crippen LogP contribution in [0.4, 0.5) is 0 Å². The van der Waals surface area contributed by atoms with Gasteiger partial charge in [-0.15, -0.1) is 0 Å². The van der Waals surface area contributed by atoms with E-state index in [4.69, 9.17) is 5.11 Å². The largest absolute Gasteiger partial charge is 0.396 e. The van der Waals surface area contributed by atoms with E-state index in [1.807, 2.05) is 0 Å². The minimum Gasteiger partial charge on any atom is -0.396 e. The Morgan fingerprint density at radius 2 is 1.65 bits per heavy atom. The summed E-state index contributed by atoms with van der Waals surface area (Å²) in [5.41, 5.74) is 0. The quantitative estimate of drug-likeness (QED) is 0.720. The lowest BCUT2D eigenvalue weighted by atomic mass is 9.78. The summed E-state index contributed by atoms with van der Waals surface area (Å²) >= 11 is 0. The Morgan fingerprint density at radius 3 is 2.53 bits per heavy atom. The average molecular weight is 239 g/mol. The Balaban J connectivity index is 1.67. The highest BCUT2D eigenvalue weighted by Crippen LogP contribution is 2.35. The number of unbranched alkanes of at least 4 members (excludes halogenated alkanes) is 3. The zero-order valence-corrected chi connectivity index (χ0v) is 11.2. The number of hydrogen-bond acceptors (Lipinski definition) is 2. The van der Waals surface area contributed by atoms with E-state index >= 15 is 0 Å². The molecule has 0 aromatic heterocycles. The van der Waals surface area contributed by atoms with Crippen molar-refractivity contribution in [2.75, 3.05) is 19.7 Å². The van der Waals surface area contributed by atoms with Gasteiger partial charge in [0.05, 0.1) is 0 Å². The second-order valence-electron chi connectivity index (χ2n) is 5.93. The van der Waals surface area contributed by atoms with Crippen molar-refractivity contribution in [1.82, 2.24) is 4.90 Å². The van der Waals surface area contributed by atoms with Crippen LogP contribution in [0.3, 0.4) is 0 Å². The van der Waals surface area contributed by atoms with E-state index in [9.17, 15) is 0 Å². The molecule has 2 atom stereocenters. The van der Waals surface area contributed by atoms with Crippen LogP contribution in [0.25, 0.3) is 0 Å². The van der Waals surface area contributed by atoms with Gasteiger partial charge >= 0.3 is 0 Å². The summed E-state index contributed by atoms with van der Waals surface area (Å²) in [6.07, 6.45) is 13.6. The Hall–Kier alpha value is -0.0800. The van der Waals surface area contributed by atoms with Crippen molar-refractivity contribution in [3.63, 3.8) is 0 Å². The van der Waals surface area contributed by atoms with E-state index in [0.29, 0.717) is 6.61 Å². The first kappa shape index (κ1) is 13.4. The van der Waals surface area contributed by atoms with Crippen molar-refractivity contribution in [3.8, 4) is 0 Å². The van der Waals surface area contributed by atoms with Gasteiger partial charge in [0.25, 0.3) is 0 Å². The van der Waals surface area contributed by atoms with Crippen molar-refractivity contribution >= 4 is 0 Å². The van der Waals surface area contributed by atoms with Crippen molar-refractivity contribution in [2.24, 2.45) is 5.92 Å². The van der Waals surface area contributed by atoms with Crippen LogP contribution in [0.5, 0.6) is 0 Å². The maximum atomic E-state index is 8.76. The normalized spacial score (nSPS) is 30.2. The van der Waals surface area contributed by atoms with Crippen LogP contribution in [0.15, 0.2) is 0 Å². The lowest BCUT2D eigenvalue weighted by Gasteiger charge is -2.44.